The SMILES string of the molecule is COC(=O)CC1=NNC(=O)[C@@H](NC(=O)OCc2ccccc2)C1. The zero-order valence-corrected chi connectivity index (χ0v) is 12.6. The Bertz CT molecular complexity index is 615. The number of hydrogen-bond donors (Lipinski definition) is 2. The molecule has 2 rings (SSSR count). The van der Waals surface area contributed by atoms with Gasteiger partial charge in [-0.05, 0) is 5.56 Å². The van der Waals surface area contributed by atoms with E-state index in [9.17, 15) is 14.4 Å². The van der Waals surface area contributed by atoms with Crippen LogP contribution >= 0.6 is 0 Å². The molecule has 0 bridgehead atoms. The number of carbonyl (C=O) groups is 3. The average Bonchev–Trinajstić information content (AvgIpc) is 2.57. The van der Waals surface area contributed by atoms with Crippen LogP contribution in [0.15, 0.2) is 35.4 Å². The molecular formula is C15H17N3O5. The van der Waals surface area contributed by atoms with Crippen LogP contribution in [0.1, 0.15) is 18.4 Å². The van der Waals surface area contributed by atoms with Gasteiger partial charge in [-0.2, -0.15) is 5.10 Å². The van der Waals surface area contributed by atoms with E-state index < -0.39 is 24.0 Å². The molecule has 2 amide bonds. The number of alkyl carbamates (subject to hydrolysis) is 1. The molecule has 1 aliphatic heterocycles. The van der Waals surface area contributed by atoms with Gasteiger partial charge in [0.05, 0.1) is 19.2 Å². The molecule has 1 aromatic rings. The largest absolute Gasteiger partial charge is 0.469 e. The molecule has 1 atom stereocenters. The van der Waals surface area contributed by atoms with E-state index in [-0.39, 0.29) is 19.4 Å². The van der Waals surface area contributed by atoms with Gasteiger partial charge in [-0.15, -0.1) is 0 Å². The first-order valence-electron chi connectivity index (χ1n) is 6.98. The lowest BCUT2D eigenvalue weighted by molar-refractivity contribution is -0.139. The van der Waals surface area contributed by atoms with Gasteiger partial charge in [-0.25, -0.2) is 10.2 Å². The lowest BCUT2D eigenvalue weighted by atomic mass is 10.1. The third-order valence-corrected chi connectivity index (χ3v) is 3.16. The number of rotatable bonds is 5. The molecule has 8 heteroatoms. The van der Waals surface area contributed by atoms with Crippen LogP contribution in [0, 0.1) is 0 Å². The minimum absolute atomic E-state index is 0.0476. The van der Waals surface area contributed by atoms with Gasteiger partial charge in [-0.3, -0.25) is 9.59 Å². The van der Waals surface area contributed by atoms with Gasteiger partial charge in [0.25, 0.3) is 5.91 Å². The second-order valence-corrected chi connectivity index (χ2v) is 4.87. The molecule has 23 heavy (non-hydrogen) atoms. The van der Waals surface area contributed by atoms with Gasteiger partial charge < -0.3 is 14.8 Å². The van der Waals surface area contributed by atoms with Crippen LogP contribution in [0.3, 0.4) is 0 Å². The first kappa shape index (κ1) is 16.5. The Labute approximate surface area is 132 Å². The Morgan fingerprint density at radius 2 is 2.09 bits per heavy atom. The summed E-state index contributed by atoms with van der Waals surface area (Å²) < 4.78 is 9.59. The number of hydrazone groups is 1. The first-order valence-corrected chi connectivity index (χ1v) is 6.98. The molecular weight excluding hydrogens is 302 g/mol. The van der Waals surface area contributed by atoms with Crippen LogP contribution < -0.4 is 10.7 Å². The predicted molar refractivity (Wildman–Crippen MR) is 80.4 cm³/mol. The summed E-state index contributed by atoms with van der Waals surface area (Å²) in [5.41, 5.74) is 3.52. The number of methoxy groups -OCH3 is 1. The summed E-state index contributed by atoms with van der Waals surface area (Å²) >= 11 is 0. The molecule has 1 aliphatic rings. The molecule has 0 unspecified atom stereocenters. The van der Waals surface area contributed by atoms with Crippen molar-refractivity contribution < 1.29 is 23.9 Å². The third kappa shape index (κ3) is 5.10. The third-order valence-electron chi connectivity index (χ3n) is 3.16. The van der Waals surface area contributed by atoms with Crippen LogP contribution in [0.25, 0.3) is 0 Å². The molecule has 0 radical (unpaired) electrons. The lowest BCUT2D eigenvalue weighted by Gasteiger charge is -2.21. The van der Waals surface area contributed by atoms with E-state index in [1.807, 2.05) is 30.3 Å². The zero-order chi connectivity index (χ0) is 16.7. The molecule has 0 aliphatic carbocycles. The average molecular weight is 319 g/mol. The van der Waals surface area contributed by atoms with E-state index in [0.29, 0.717) is 5.71 Å². The minimum Gasteiger partial charge on any atom is -0.469 e. The summed E-state index contributed by atoms with van der Waals surface area (Å²) in [7, 11) is 1.26. The van der Waals surface area contributed by atoms with Crippen LogP contribution in [0.4, 0.5) is 4.79 Å². The molecule has 1 heterocycles. The molecule has 0 aromatic heterocycles. The molecule has 0 saturated carbocycles. The molecule has 8 nitrogen and oxygen atoms in total. The molecule has 0 spiro atoms. The van der Waals surface area contributed by atoms with Crippen molar-refractivity contribution in [2.24, 2.45) is 5.10 Å². The summed E-state index contributed by atoms with van der Waals surface area (Å²) in [4.78, 5) is 34.7. The van der Waals surface area contributed by atoms with Crippen LogP contribution in [-0.4, -0.2) is 36.8 Å². The smallest absolute Gasteiger partial charge is 0.408 e. The van der Waals surface area contributed by atoms with E-state index in [1.165, 1.54) is 7.11 Å². The van der Waals surface area contributed by atoms with Crippen molar-refractivity contribution in [2.75, 3.05) is 7.11 Å². The maximum atomic E-state index is 11.8. The Hall–Kier alpha value is -2.90. The minimum atomic E-state index is -0.838. The second-order valence-electron chi connectivity index (χ2n) is 4.87. The fraction of sp³-hybridized carbons (Fsp3) is 0.333. The van der Waals surface area contributed by atoms with Gasteiger partial charge in [0.2, 0.25) is 0 Å². The predicted octanol–water partition coefficient (Wildman–Crippen LogP) is 0.720. The van der Waals surface area contributed by atoms with Crippen molar-refractivity contribution in [3.05, 3.63) is 35.9 Å². The molecule has 0 saturated heterocycles. The van der Waals surface area contributed by atoms with E-state index in [4.69, 9.17) is 4.74 Å². The number of nitrogens with zero attached hydrogens (tertiary/aromatic N) is 1. The fourth-order valence-corrected chi connectivity index (χ4v) is 1.96. The number of hydrogen-bond acceptors (Lipinski definition) is 6. The van der Waals surface area contributed by atoms with Crippen LogP contribution in [0.5, 0.6) is 0 Å². The van der Waals surface area contributed by atoms with E-state index >= 15 is 0 Å². The van der Waals surface area contributed by atoms with Gasteiger partial charge >= 0.3 is 12.1 Å². The highest BCUT2D eigenvalue weighted by Gasteiger charge is 2.28. The molecule has 122 valence electrons. The summed E-state index contributed by atoms with van der Waals surface area (Å²) in [6.45, 7) is 0.101. The Morgan fingerprint density at radius 3 is 2.78 bits per heavy atom. The molecule has 0 fully saturated rings. The number of amides is 2. The van der Waals surface area contributed by atoms with Crippen molar-refractivity contribution in [3.63, 3.8) is 0 Å². The summed E-state index contributed by atoms with van der Waals surface area (Å²) in [6.07, 6.45) is -0.636. The number of ether oxygens (including phenoxy) is 2. The number of carbonyl (C=O) groups excluding carboxylic acids is 3. The summed E-state index contributed by atoms with van der Waals surface area (Å²) in [5, 5.41) is 6.23. The van der Waals surface area contributed by atoms with Crippen molar-refractivity contribution >= 4 is 23.7 Å². The van der Waals surface area contributed by atoms with Crippen molar-refractivity contribution in [3.8, 4) is 0 Å². The maximum Gasteiger partial charge on any atom is 0.408 e. The van der Waals surface area contributed by atoms with Crippen molar-refractivity contribution in [2.45, 2.75) is 25.5 Å². The van der Waals surface area contributed by atoms with Crippen LogP contribution in [0.2, 0.25) is 0 Å². The van der Waals surface area contributed by atoms with Crippen LogP contribution in [-0.2, 0) is 25.7 Å². The molecule has 1 aromatic carbocycles. The number of nitrogens with one attached hydrogen (secondary N) is 2. The van der Waals surface area contributed by atoms with E-state index in [2.05, 4.69) is 20.6 Å². The zero-order valence-electron chi connectivity index (χ0n) is 12.6. The highest BCUT2D eigenvalue weighted by molar-refractivity contribution is 6.04. The number of esters is 1. The topological polar surface area (TPSA) is 106 Å². The fourth-order valence-electron chi connectivity index (χ4n) is 1.96. The Morgan fingerprint density at radius 1 is 1.35 bits per heavy atom. The van der Waals surface area contributed by atoms with E-state index in [1.54, 1.807) is 0 Å². The molecule has 2 N–H and O–H groups in total. The van der Waals surface area contributed by atoms with Gasteiger partial charge in [0, 0.05) is 6.42 Å². The van der Waals surface area contributed by atoms with Gasteiger partial charge in [-0.1, -0.05) is 30.3 Å². The standard InChI is InChI=1S/C15H17N3O5/c1-22-13(19)8-11-7-12(14(20)18-17-11)16-15(21)23-9-10-5-3-2-4-6-10/h2-6,12H,7-9H2,1H3,(H,16,21)(H,18,20)/t12-/m0/s1. The Kier molecular flexibility index (Phi) is 5.67. The summed E-state index contributed by atoms with van der Waals surface area (Å²) in [6, 6.07) is 8.33. The van der Waals surface area contributed by atoms with Gasteiger partial charge in [0.1, 0.15) is 12.6 Å². The van der Waals surface area contributed by atoms with E-state index in [0.717, 1.165) is 5.56 Å². The lowest BCUT2D eigenvalue weighted by Crippen LogP contribution is -2.49. The maximum absolute atomic E-state index is 11.8. The Balaban J connectivity index is 1.84. The summed E-state index contributed by atoms with van der Waals surface area (Å²) in [5.74, 6) is -0.930. The van der Waals surface area contributed by atoms with Crippen molar-refractivity contribution in [1.82, 2.24) is 10.7 Å². The second kappa shape index (κ2) is 7.92. The number of benzene rings is 1. The monoisotopic (exact) mass is 319 g/mol. The first-order chi connectivity index (χ1) is 11.1. The highest BCUT2D eigenvalue weighted by atomic mass is 16.5. The van der Waals surface area contributed by atoms with Gasteiger partial charge in [0.15, 0.2) is 0 Å². The normalized spacial score (nSPS) is 16.8. The highest BCUT2D eigenvalue weighted by Crippen LogP contribution is 2.07. The van der Waals surface area contributed by atoms with Crippen molar-refractivity contribution in [1.29, 1.82) is 0 Å². The quantitative estimate of drug-likeness (QED) is 0.778.